The smallest absolute Gasteiger partial charge is 0.263 e. The second-order valence-corrected chi connectivity index (χ2v) is 11.1. The molecule has 2 aliphatic rings. The van der Waals surface area contributed by atoms with Gasteiger partial charge in [-0.2, -0.15) is 4.37 Å². The summed E-state index contributed by atoms with van der Waals surface area (Å²) in [6.45, 7) is 0.801. The number of anilines is 1. The van der Waals surface area contributed by atoms with Crippen LogP contribution in [0.4, 0.5) is 18.3 Å². The van der Waals surface area contributed by atoms with Crippen LogP contribution in [0.15, 0.2) is 53.7 Å². The summed E-state index contributed by atoms with van der Waals surface area (Å²) in [6.07, 6.45) is 0.0706. The predicted molar refractivity (Wildman–Crippen MR) is 125 cm³/mol. The molecular weight excluding hydrogens is 501 g/mol. The van der Waals surface area contributed by atoms with Gasteiger partial charge in [-0.05, 0) is 43.1 Å². The number of piperidine rings is 1. The van der Waals surface area contributed by atoms with Gasteiger partial charge in [0.05, 0.1) is 11.5 Å². The summed E-state index contributed by atoms with van der Waals surface area (Å²) < 4.78 is 78.3. The Morgan fingerprint density at radius 2 is 1.91 bits per heavy atom. The third kappa shape index (κ3) is 5.00. The normalized spacial score (nSPS) is 23.0. The Bertz CT molecular complexity index is 1270. The van der Waals surface area contributed by atoms with Gasteiger partial charge in [0.25, 0.3) is 10.0 Å². The van der Waals surface area contributed by atoms with Crippen LogP contribution in [0.2, 0.25) is 0 Å². The molecule has 0 amide bonds. The zero-order valence-electron chi connectivity index (χ0n) is 18.5. The first-order valence-corrected chi connectivity index (χ1v) is 13.4. The fourth-order valence-corrected chi connectivity index (χ4v) is 6.56. The van der Waals surface area contributed by atoms with Crippen molar-refractivity contribution in [1.29, 1.82) is 0 Å². The van der Waals surface area contributed by atoms with Gasteiger partial charge >= 0.3 is 0 Å². The molecule has 3 aromatic rings. The number of nitrogens with one attached hydrogen (secondary N) is 1. The number of sulfonamides is 1. The Morgan fingerprint density at radius 3 is 2.63 bits per heavy atom. The summed E-state index contributed by atoms with van der Waals surface area (Å²) in [6, 6.07) is 10.2. The number of hydrogen-bond acceptors (Lipinski definition) is 7. The zero-order valence-corrected chi connectivity index (χ0v) is 20.1. The molecule has 5 rings (SSSR count). The molecule has 1 unspecified atom stereocenters. The van der Waals surface area contributed by atoms with Crippen LogP contribution in [-0.2, 0) is 10.0 Å². The van der Waals surface area contributed by atoms with E-state index in [9.17, 15) is 21.6 Å². The van der Waals surface area contributed by atoms with Gasteiger partial charge < -0.3 is 4.74 Å². The van der Waals surface area contributed by atoms with E-state index in [1.54, 1.807) is 18.2 Å². The van der Waals surface area contributed by atoms with Gasteiger partial charge in [0, 0.05) is 47.6 Å². The standard InChI is InChI=1S/C23H23F3N4O3S2/c24-16-3-1-14(2-4-16)20-11-15(22(25)26)7-9-30(20)19-8-10-33-21-12-17(5-6-18(19)21)35(31,32)29-23-27-13-28-34-23/h1-6,12-13,15,19-20,22H,7-11H2,(H,27,28,29)/t15-,19?,20+/m0/s1. The minimum Gasteiger partial charge on any atom is -0.493 e. The van der Waals surface area contributed by atoms with Gasteiger partial charge in [-0.3, -0.25) is 9.62 Å². The average Bonchev–Trinajstić information content (AvgIpc) is 3.36. The van der Waals surface area contributed by atoms with Gasteiger partial charge in [0.1, 0.15) is 17.9 Å². The van der Waals surface area contributed by atoms with Crippen molar-refractivity contribution in [1.82, 2.24) is 14.3 Å². The Kier molecular flexibility index (Phi) is 6.69. The summed E-state index contributed by atoms with van der Waals surface area (Å²) >= 11 is 0.927. The maximum absolute atomic E-state index is 13.6. The quantitative estimate of drug-likeness (QED) is 0.488. The number of alkyl halides is 2. The lowest BCUT2D eigenvalue weighted by molar-refractivity contribution is -0.0134. The monoisotopic (exact) mass is 524 g/mol. The number of hydrogen-bond donors (Lipinski definition) is 1. The first kappa shape index (κ1) is 24.0. The van der Waals surface area contributed by atoms with Gasteiger partial charge in [-0.15, -0.1) is 0 Å². The zero-order chi connectivity index (χ0) is 24.6. The van der Waals surface area contributed by atoms with Crippen LogP contribution in [0.5, 0.6) is 5.75 Å². The van der Waals surface area contributed by atoms with Crippen LogP contribution in [0.1, 0.15) is 42.5 Å². The van der Waals surface area contributed by atoms with E-state index in [-0.39, 0.29) is 34.3 Å². The van der Waals surface area contributed by atoms with Crippen LogP contribution in [0.3, 0.4) is 0 Å². The van der Waals surface area contributed by atoms with Crippen molar-refractivity contribution in [2.24, 2.45) is 5.92 Å². The molecule has 1 aromatic heterocycles. The summed E-state index contributed by atoms with van der Waals surface area (Å²) in [5, 5.41) is 0.158. The Labute approximate surface area is 205 Å². The minimum absolute atomic E-state index is 0.0265. The van der Waals surface area contributed by atoms with E-state index in [4.69, 9.17) is 4.74 Å². The molecule has 1 fully saturated rings. The Hall–Kier alpha value is -2.70. The number of fused-ring (bicyclic) bond motifs is 1. The van der Waals surface area contributed by atoms with Crippen molar-refractivity contribution in [3.8, 4) is 5.75 Å². The van der Waals surface area contributed by atoms with Crippen molar-refractivity contribution in [3.05, 3.63) is 65.7 Å². The highest BCUT2D eigenvalue weighted by Gasteiger charge is 2.39. The molecule has 2 aliphatic heterocycles. The topological polar surface area (TPSA) is 84.4 Å². The van der Waals surface area contributed by atoms with E-state index >= 15 is 0 Å². The fourth-order valence-electron chi connectivity index (χ4n) is 4.88. The van der Waals surface area contributed by atoms with Crippen molar-refractivity contribution in [2.45, 2.75) is 42.7 Å². The van der Waals surface area contributed by atoms with Crippen molar-refractivity contribution in [2.75, 3.05) is 17.9 Å². The molecule has 12 heteroatoms. The molecule has 0 aliphatic carbocycles. The van der Waals surface area contributed by atoms with E-state index in [2.05, 4.69) is 19.0 Å². The highest BCUT2D eigenvalue weighted by Crippen LogP contribution is 2.46. The number of nitrogens with zero attached hydrogens (tertiary/aromatic N) is 3. The number of benzene rings is 2. The van der Waals surface area contributed by atoms with E-state index in [0.717, 1.165) is 22.7 Å². The number of likely N-dealkylation sites (tertiary alicyclic amines) is 1. The van der Waals surface area contributed by atoms with Crippen LogP contribution >= 0.6 is 11.5 Å². The van der Waals surface area contributed by atoms with E-state index in [0.29, 0.717) is 31.7 Å². The summed E-state index contributed by atoms with van der Waals surface area (Å²) in [5.74, 6) is -0.677. The molecule has 1 N–H and O–H groups in total. The van der Waals surface area contributed by atoms with E-state index in [1.165, 1.54) is 30.6 Å². The lowest BCUT2D eigenvalue weighted by atomic mass is 9.84. The minimum atomic E-state index is -3.89. The molecule has 0 saturated carbocycles. The highest BCUT2D eigenvalue weighted by atomic mass is 32.2. The molecule has 0 bridgehead atoms. The lowest BCUT2D eigenvalue weighted by Crippen LogP contribution is -2.42. The van der Waals surface area contributed by atoms with E-state index < -0.39 is 22.4 Å². The predicted octanol–water partition coefficient (Wildman–Crippen LogP) is 5.02. The average molecular weight is 525 g/mol. The number of aromatic nitrogens is 2. The molecule has 0 radical (unpaired) electrons. The molecule has 1 saturated heterocycles. The van der Waals surface area contributed by atoms with Crippen LogP contribution < -0.4 is 9.46 Å². The van der Waals surface area contributed by atoms with Gasteiger partial charge in [0.2, 0.25) is 11.6 Å². The van der Waals surface area contributed by atoms with Crippen LogP contribution in [-0.4, -0.2) is 42.3 Å². The van der Waals surface area contributed by atoms with Crippen molar-refractivity contribution in [3.63, 3.8) is 0 Å². The third-order valence-corrected chi connectivity index (χ3v) is 8.63. The summed E-state index contributed by atoms with van der Waals surface area (Å²) in [7, 11) is -3.89. The molecule has 3 heterocycles. The molecule has 0 spiro atoms. The molecule has 7 nitrogen and oxygen atoms in total. The largest absolute Gasteiger partial charge is 0.493 e. The van der Waals surface area contributed by atoms with Crippen molar-refractivity contribution < 1.29 is 26.3 Å². The second kappa shape index (κ2) is 9.75. The third-order valence-electron chi connectivity index (χ3n) is 6.58. The van der Waals surface area contributed by atoms with Crippen LogP contribution in [0.25, 0.3) is 0 Å². The van der Waals surface area contributed by atoms with Gasteiger partial charge in [0.15, 0.2) is 0 Å². The van der Waals surface area contributed by atoms with Crippen molar-refractivity contribution >= 4 is 26.7 Å². The maximum Gasteiger partial charge on any atom is 0.263 e. The molecule has 35 heavy (non-hydrogen) atoms. The first-order valence-electron chi connectivity index (χ1n) is 11.2. The number of rotatable bonds is 6. The second-order valence-electron chi connectivity index (χ2n) is 8.63. The number of ether oxygens (including phenoxy) is 1. The van der Waals surface area contributed by atoms with Crippen LogP contribution in [0, 0.1) is 11.7 Å². The number of halogens is 3. The maximum atomic E-state index is 13.6. The molecule has 186 valence electrons. The molecule has 3 atom stereocenters. The Morgan fingerprint density at radius 1 is 1.11 bits per heavy atom. The van der Waals surface area contributed by atoms with Gasteiger partial charge in [-0.25, -0.2) is 26.6 Å². The lowest BCUT2D eigenvalue weighted by Gasteiger charge is -2.45. The highest BCUT2D eigenvalue weighted by molar-refractivity contribution is 7.93. The summed E-state index contributed by atoms with van der Waals surface area (Å²) in [5.41, 5.74) is 1.58. The van der Waals surface area contributed by atoms with E-state index in [1.807, 2.05) is 0 Å². The fraction of sp³-hybridized carbons (Fsp3) is 0.391. The SMILES string of the molecule is O=S(=O)(Nc1ncns1)c1ccc2c(c1)OCCC2N1CC[C@H](C(F)F)C[C@@H]1c1ccc(F)cc1. The summed E-state index contributed by atoms with van der Waals surface area (Å²) in [4.78, 5) is 6.05. The molecular formula is C23H23F3N4O3S2. The first-order chi connectivity index (χ1) is 16.8. The Balaban J connectivity index is 1.45. The van der Waals surface area contributed by atoms with Gasteiger partial charge in [-0.1, -0.05) is 18.2 Å². The molecule has 2 aromatic carbocycles.